The highest BCUT2D eigenvalue weighted by Gasteiger charge is 2.17. The van der Waals surface area contributed by atoms with Gasteiger partial charge in [-0.25, -0.2) is 14.0 Å². The molecule has 0 radical (unpaired) electrons. The van der Waals surface area contributed by atoms with Crippen LogP contribution in [0.2, 0.25) is 0 Å². The van der Waals surface area contributed by atoms with Gasteiger partial charge in [-0.1, -0.05) is 36.4 Å². The van der Waals surface area contributed by atoms with Crippen molar-refractivity contribution >= 4 is 11.9 Å². The molecule has 0 unspecified atom stereocenters. The SMILES string of the molecule is CCOC(=O)[C@H](C)Oc1ccc(CCc2ccc(-c3ccc(O[C@H](C)C(=O)OCC)cc3)c(F)c2)cc1. The van der Waals surface area contributed by atoms with Gasteiger partial charge >= 0.3 is 11.9 Å². The topological polar surface area (TPSA) is 71.1 Å². The van der Waals surface area contributed by atoms with E-state index >= 15 is 0 Å². The quantitative estimate of drug-likeness (QED) is 0.282. The second kappa shape index (κ2) is 13.4. The minimum atomic E-state index is -0.723. The Hall–Kier alpha value is -3.87. The maximum atomic E-state index is 14.9. The lowest BCUT2D eigenvalue weighted by Crippen LogP contribution is -2.26. The first-order chi connectivity index (χ1) is 17.8. The molecule has 0 amide bonds. The number of hydrogen-bond acceptors (Lipinski definition) is 6. The predicted molar refractivity (Wildman–Crippen MR) is 139 cm³/mol. The fourth-order valence-electron chi connectivity index (χ4n) is 3.71. The standard InChI is InChI=1S/C30H33FO6/c1-5-34-29(32)20(3)36-25-14-9-22(10-15-25)7-8-23-11-18-27(28(31)19-23)24-12-16-26(17-13-24)37-21(4)30(33)35-6-2/h9-21H,5-8H2,1-4H3/t20-,21+/m0/s1. The molecule has 3 aromatic carbocycles. The molecule has 0 aliphatic rings. The zero-order valence-electron chi connectivity index (χ0n) is 21.7. The molecule has 0 saturated carbocycles. The summed E-state index contributed by atoms with van der Waals surface area (Å²) in [6.07, 6.45) is 0.00896. The third-order valence-corrected chi connectivity index (χ3v) is 5.69. The van der Waals surface area contributed by atoms with Gasteiger partial charge < -0.3 is 18.9 Å². The van der Waals surface area contributed by atoms with Gasteiger partial charge in [0.1, 0.15) is 17.3 Å². The van der Waals surface area contributed by atoms with Crippen LogP contribution in [0.1, 0.15) is 38.8 Å². The average Bonchev–Trinajstić information content (AvgIpc) is 2.89. The lowest BCUT2D eigenvalue weighted by Gasteiger charge is -2.14. The molecule has 0 heterocycles. The van der Waals surface area contributed by atoms with E-state index in [0.717, 1.165) is 17.5 Å². The zero-order valence-corrected chi connectivity index (χ0v) is 21.7. The van der Waals surface area contributed by atoms with Gasteiger partial charge in [0.05, 0.1) is 13.2 Å². The maximum absolute atomic E-state index is 14.9. The molecule has 0 bridgehead atoms. The number of aryl methyl sites for hydroxylation is 2. The van der Waals surface area contributed by atoms with Crippen molar-refractivity contribution in [1.29, 1.82) is 0 Å². The molecule has 3 rings (SSSR count). The van der Waals surface area contributed by atoms with Crippen molar-refractivity contribution in [3.8, 4) is 22.6 Å². The van der Waals surface area contributed by atoms with Crippen molar-refractivity contribution in [3.05, 3.63) is 83.7 Å². The van der Waals surface area contributed by atoms with Gasteiger partial charge in [-0.2, -0.15) is 0 Å². The van der Waals surface area contributed by atoms with Crippen LogP contribution in [-0.2, 0) is 31.9 Å². The fourth-order valence-corrected chi connectivity index (χ4v) is 3.71. The fraction of sp³-hybridized carbons (Fsp3) is 0.333. The minimum absolute atomic E-state index is 0.292. The van der Waals surface area contributed by atoms with Crippen LogP contribution in [0.15, 0.2) is 66.7 Å². The molecule has 37 heavy (non-hydrogen) atoms. The molecule has 3 aromatic rings. The highest BCUT2D eigenvalue weighted by molar-refractivity contribution is 5.75. The number of carbonyl (C=O) groups is 2. The van der Waals surface area contributed by atoms with Gasteiger partial charge in [-0.05, 0) is 87.6 Å². The Bertz CT molecular complexity index is 1170. The van der Waals surface area contributed by atoms with Gasteiger partial charge in [-0.3, -0.25) is 0 Å². The minimum Gasteiger partial charge on any atom is -0.479 e. The second-order valence-corrected chi connectivity index (χ2v) is 8.51. The van der Waals surface area contributed by atoms with E-state index in [1.807, 2.05) is 30.3 Å². The molecule has 0 N–H and O–H groups in total. The smallest absolute Gasteiger partial charge is 0.347 e. The van der Waals surface area contributed by atoms with E-state index in [1.165, 1.54) is 0 Å². The van der Waals surface area contributed by atoms with Crippen molar-refractivity contribution in [2.75, 3.05) is 13.2 Å². The van der Waals surface area contributed by atoms with Crippen LogP contribution in [-0.4, -0.2) is 37.4 Å². The molecular formula is C30H33FO6. The van der Waals surface area contributed by atoms with Gasteiger partial charge in [0.15, 0.2) is 12.2 Å². The number of halogens is 1. The Morgan fingerprint density at radius 1 is 0.703 bits per heavy atom. The number of esters is 2. The van der Waals surface area contributed by atoms with Gasteiger partial charge in [-0.15, -0.1) is 0 Å². The summed E-state index contributed by atoms with van der Waals surface area (Å²) in [6, 6.07) is 19.7. The van der Waals surface area contributed by atoms with Crippen LogP contribution in [0.5, 0.6) is 11.5 Å². The summed E-state index contributed by atoms with van der Waals surface area (Å²) in [5, 5.41) is 0. The van der Waals surface area contributed by atoms with Gasteiger partial charge in [0, 0.05) is 5.56 Å². The normalized spacial score (nSPS) is 12.4. The summed E-state index contributed by atoms with van der Waals surface area (Å²) in [4.78, 5) is 23.4. The Kier molecular flexibility index (Phi) is 10.1. The second-order valence-electron chi connectivity index (χ2n) is 8.51. The van der Waals surface area contributed by atoms with Crippen molar-refractivity contribution in [1.82, 2.24) is 0 Å². The first-order valence-electron chi connectivity index (χ1n) is 12.4. The van der Waals surface area contributed by atoms with E-state index in [2.05, 4.69) is 0 Å². The lowest BCUT2D eigenvalue weighted by atomic mass is 9.99. The third-order valence-electron chi connectivity index (χ3n) is 5.69. The van der Waals surface area contributed by atoms with E-state index in [9.17, 15) is 14.0 Å². The van der Waals surface area contributed by atoms with Crippen LogP contribution < -0.4 is 9.47 Å². The summed E-state index contributed by atoms with van der Waals surface area (Å²) in [6.45, 7) is 7.37. The predicted octanol–water partition coefficient (Wildman–Crippen LogP) is 5.94. The Morgan fingerprint density at radius 3 is 1.65 bits per heavy atom. The van der Waals surface area contributed by atoms with E-state index < -0.39 is 24.1 Å². The summed E-state index contributed by atoms with van der Waals surface area (Å²) < 4.78 is 36.0. The highest BCUT2D eigenvalue weighted by atomic mass is 19.1. The molecule has 0 aliphatic carbocycles. The number of benzene rings is 3. The average molecular weight is 509 g/mol. The van der Waals surface area contributed by atoms with Gasteiger partial charge in [0.25, 0.3) is 0 Å². The Morgan fingerprint density at radius 2 is 1.16 bits per heavy atom. The van der Waals surface area contributed by atoms with Crippen molar-refractivity contribution in [2.24, 2.45) is 0 Å². The lowest BCUT2D eigenvalue weighted by molar-refractivity contribution is -0.151. The Balaban J connectivity index is 1.56. The molecular weight excluding hydrogens is 475 g/mol. The van der Waals surface area contributed by atoms with Crippen LogP contribution in [0, 0.1) is 5.82 Å². The molecule has 0 saturated heterocycles. The molecule has 196 valence electrons. The van der Waals surface area contributed by atoms with Crippen LogP contribution in [0.4, 0.5) is 4.39 Å². The monoisotopic (exact) mass is 508 g/mol. The third kappa shape index (κ3) is 8.07. The molecule has 0 fully saturated rings. The van der Waals surface area contributed by atoms with Crippen LogP contribution >= 0.6 is 0 Å². The summed E-state index contributed by atoms with van der Waals surface area (Å²) in [7, 11) is 0. The molecule has 0 aromatic heterocycles. The van der Waals surface area contributed by atoms with Crippen molar-refractivity contribution in [3.63, 3.8) is 0 Å². The van der Waals surface area contributed by atoms with Crippen LogP contribution in [0.25, 0.3) is 11.1 Å². The summed E-state index contributed by atoms with van der Waals surface area (Å²) in [5.74, 6) is -0.0339. The van der Waals surface area contributed by atoms with E-state index in [0.29, 0.717) is 42.3 Å². The Labute approximate surface area is 217 Å². The first-order valence-corrected chi connectivity index (χ1v) is 12.4. The number of carbonyl (C=O) groups excluding carboxylic acids is 2. The van der Waals surface area contributed by atoms with Crippen molar-refractivity contribution < 1.29 is 32.9 Å². The van der Waals surface area contributed by atoms with E-state index in [-0.39, 0.29) is 5.82 Å². The summed E-state index contributed by atoms with van der Waals surface area (Å²) >= 11 is 0. The van der Waals surface area contributed by atoms with Crippen LogP contribution in [0.3, 0.4) is 0 Å². The van der Waals surface area contributed by atoms with Gasteiger partial charge in [0.2, 0.25) is 0 Å². The number of hydrogen-bond donors (Lipinski definition) is 0. The highest BCUT2D eigenvalue weighted by Crippen LogP contribution is 2.27. The molecule has 2 atom stereocenters. The zero-order chi connectivity index (χ0) is 26.8. The molecule has 6 nitrogen and oxygen atoms in total. The van der Waals surface area contributed by atoms with Crippen molar-refractivity contribution in [2.45, 2.75) is 52.7 Å². The van der Waals surface area contributed by atoms with E-state index in [4.69, 9.17) is 18.9 Å². The molecule has 0 aliphatic heterocycles. The maximum Gasteiger partial charge on any atom is 0.347 e. The number of rotatable bonds is 12. The van der Waals surface area contributed by atoms with E-state index in [1.54, 1.807) is 64.1 Å². The molecule has 0 spiro atoms. The largest absolute Gasteiger partial charge is 0.479 e. The first kappa shape index (κ1) is 27.7. The molecule has 7 heteroatoms. The number of ether oxygens (including phenoxy) is 4. The summed E-state index contributed by atoms with van der Waals surface area (Å²) in [5.41, 5.74) is 3.17.